The molecule has 0 saturated carbocycles. The Morgan fingerprint density at radius 2 is 2.21 bits per heavy atom. The van der Waals surface area contributed by atoms with Crippen LogP contribution in [0.5, 0.6) is 0 Å². The highest BCUT2D eigenvalue weighted by Crippen LogP contribution is 2.29. The average Bonchev–Trinajstić information content (AvgIpc) is 2.23. The van der Waals surface area contributed by atoms with Gasteiger partial charge in [0.15, 0.2) is 0 Å². The fourth-order valence-electron chi connectivity index (χ4n) is 1.87. The van der Waals surface area contributed by atoms with Gasteiger partial charge in [-0.2, -0.15) is 0 Å². The minimum atomic E-state index is 0.495. The van der Waals surface area contributed by atoms with Crippen molar-refractivity contribution in [2.75, 3.05) is 6.54 Å². The van der Waals surface area contributed by atoms with Gasteiger partial charge in [0.05, 0.1) is 5.02 Å². The predicted molar refractivity (Wildman–Crippen MR) is 63.7 cm³/mol. The van der Waals surface area contributed by atoms with Gasteiger partial charge in [0.2, 0.25) is 0 Å². The Kier molecular flexibility index (Phi) is 3.47. The van der Waals surface area contributed by atoms with Crippen LogP contribution in [-0.2, 0) is 0 Å². The van der Waals surface area contributed by atoms with Gasteiger partial charge in [-0.25, -0.2) is 0 Å². The van der Waals surface area contributed by atoms with Gasteiger partial charge in [-0.1, -0.05) is 24.1 Å². The largest absolute Gasteiger partial charge is 0.310 e. The number of hydrogen-bond donors (Lipinski definition) is 1. The molecule has 0 bridgehead atoms. The Hall–Kier alpha value is -0.0500. The summed E-state index contributed by atoms with van der Waals surface area (Å²) >= 11 is 9.46. The monoisotopic (exact) mass is 273 g/mol. The number of nitrogens with one attached hydrogen (secondary N) is 1. The molecular weight excluding hydrogens is 261 g/mol. The summed E-state index contributed by atoms with van der Waals surface area (Å²) in [5.41, 5.74) is 1.30. The summed E-state index contributed by atoms with van der Waals surface area (Å²) in [7, 11) is 0. The number of hydrogen-bond acceptors (Lipinski definition) is 1. The second-order valence-corrected chi connectivity index (χ2v) is 4.94. The lowest BCUT2D eigenvalue weighted by Gasteiger charge is -2.24. The maximum atomic E-state index is 6.06. The van der Waals surface area contributed by atoms with Crippen molar-refractivity contribution >= 4 is 27.5 Å². The molecular formula is C11H13BrClN. The van der Waals surface area contributed by atoms with E-state index in [9.17, 15) is 0 Å². The highest BCUT2D eigenvalue weighted by atomic mass is 79.9. The van der Waals surface area contributed by atoms with Gasteiger partial charge in [0, 0.05) is 10.5 Å². The molecule has 1 heterocycles. The third-order valence-corrected chi connectivity index (χ3v) is 3.89. The summed E-state index contributed by atoms with van der Waals surface area (Å²) in [6.07, 6.45) is 3.82. The molecule has 1 saturated heterocycles. The Labute approximate surface area is 98.0 Å². The van der Waals surface area contributed by atoms with Gasteiger partial charge in [-0.15, -0.1) is 0 Å². The van der Waals surface area contributed by atoms with Crippen molar-refractivity contribution in [3.63, 3.8) is 0 Å². The lowest BCUT2D eigenvalue weighted by atomic mass is 9.98. The van der Waals surface area contributed by atoms with Crippen LogP contribution >= 0.6 is 27.5 Å². The molecule has 1 nitrogen and oxygen atoms in total. The second kappa shape index (κ2) is 4.65. The number of halogens is 2. The molecule has 0 amide bonds. The lowest BCUT2D eigenvalue weighted by Crippen LogP contribution is -2.26. The van der Waals surface area contributed by atoms with Gasteiger partial charge in [0.1, 0.15) is 0 Å². The van der Waals surface area contributed by atoms with Crippen LogP contribution in [0.4, 0.5) is 0 Å². The van der Waals surface area contributed by atoms with Gasteiger partial charge in [-0.3, -0.25) is 0 Å². The van der Waals surface area contributed by atoms with Crippen LogP contribution in [0.2, 0.25) is 5.02 Å². The van der Waals surface area contributed by atoms with Crippen LogP contribution < -0.4 is 5.32 Å². The zero-order chi connectivity index (χ0) is 9.97. The van der Waals surface area contributed by atoms with Crippen LogP contribution in [0.3, 0.4) is 0 Å². The molecule has 1 atom stereocenters. The summed E-state index contributed by atoms with van der Waals surface area (Å²) in [6, 6.07) is 6.70. The van der Waals surface area contributed by atoms with E-state index in [-0.39, 0.29) is 0 Å². The Bertz CT molecular complexity index is 321. The van der Waals surface area contributed by atoms with E-state index < -0.39 is 0 Å². The molecule has 76 valence electrons. The van der Waals surface area contributed by atoms with Crippen LogP contribution in [0.1, 0.15) is 30.9 Å². The number of benzene rings is 1. The molecule has 0 aliphatic carbocycles. The van der Waals surface area contributed by atoms with E-state index >= 15 is 0 Å². The lowest BCUT2D eigenvalue weighted by molar-refractivity contribution is 0.412. The third kappa shape index (κ3) is 2.30. The standard InChI is InChI=1S/C11H13BrClN/c12-9-5-4-8(7-10(9)13)11-3-1-2-6-14-11/h4-5,7,11,14H,1-3,6H2/t11-/m0/s1. The SMILES string of the molecule is Clc1cc([C@@H]2CCCCN2)ccc1Br. The summed E-state index contributed by atoms with van der Waals surface area (Å²) in [5, 5.41) is 4.31. The summed E-state index contributed by atoms with van der Waals surface area (Å²) < 4.78 is 0.971. The van der Waals surface area contributed by atoms with Gasteiger partial charge in [-0.05, 0) is 53.0 Å². The van der Waals surface area contributed by atoms with Crippen molar-refractivity contribution in [2.45, 2.75) is 25.3 Å². The first-order valence-corrected chi connectivity index (χ1v) is 6.13. The van der Waals surface area contributed by atoms with E-state index in [4.69, 9.17) is 11.6 Å². The number of piperidine rings is 1. The van der Waals surface area contributed by atoms with E-state index in [1.54, 1.807) is 0 Å². The maximum absolute atomic E-state index is 6.06. The maximum Gasteiger partial charge on any atom is 0.0551 e. The van der Waals surface area contributed by atoms with Crippen molar-refractivity contribution in [1.29, 1.82) is 0 Å². The smallest absolute Gasteiger partial charge is 0.0551 e. The van der Waals surface area contributed by atoms with Crippen LogP contribution in [-0.4, -0.2) is 6.54 Å². The van der Waals surface area contributed by atoms with Crippen molar-refractivity contribution in [3.8, 4) is 0 Å². The first-order chi connectivity index (χ1) is 6.77. The van der Waals surface area contributed by atoms with Crippen molar-refractivity contribution in [1.82, 2.24) is 5.32 Å². The Morgan fingerprint density at radius 3 is 2.86 bits per heavy atom. The normalized spacial score (nSPS) is 22.3. The Morgan fingerprint density at radius 1 is 1.36 bits per heavy atom. The van der Waals surface area contributed by atoms with Crippen molar-refractivity contribution < 1.29 is 0 Å². The predicted octanol–water partition coefficient (Wildman–Crippen LogP) is 3.92. The molecule has 0 spiro atoms. The van der Waals surface area contributed by atoms with Crippen molar-refractivity contribution in [2.24, 2.45) is 0 Å². The average molecular weight is 275 g/mol. The summed E-state index contributed by atoms with van der Waals surface area (Å²) in [4.78, 5) is 0. The molecule has 2 rings (SSSR count). The molecule has 0 unspecified atom stereocenters. The zero-order valence-corrected chi connectivity index (χ0v) is 10.2. The molecule has 1 aliphatic rings. The van der Waals surface area contributed by atoms with Crippen LogP contribution in [0.25, 0.3) is 0 Å². The highest BCUT2D eigenvalue weighted by molar-refractivity contribution is 9.10. The molecule has 0 aromatic heterocycles. The molecule has 14 heavy (non-hydrogen) atoms. The van der Waals surface area contributed by atoms with E-state index in [1.165, 1.54) is 24.8 Å². The van der Waals surface area contributed by atoms with E-state index in [2.05, 4.69) is 33.4 Å². The Balaban J connectivity index is 2.18. The van der Waals surface area contributed by atoms with Crippen LogP contribution in [0, 0.1) is 0 Å². The quantitative estimate of drug-likeness (QED) is 0.818. The van der Waals surface area contributed by atoms with E-state index in [1.807, 2.05) is 6.07 Å². The van der Waals surface area contributed by atoms with Gasteiger partial charge in [0.25, 0.3) is 0 Å². The topological polar surface area (TPSA) is 12.0 Å². The minimum Gasteiger partial charge on any atom is -0.310 e. The van der Waals surface area contributed by atoms with Crippen LogP contribution in [0.15, 0.2) is 22.7 Å². The molecule has 0 radical (unpaired) electrons. The molecule has 1 aromatic rings. The fraction of sp³-hybridized carbons (Fsp3) is 0.455. The first kappa shape index (κ1) is 10.5. The zero-order valence-electron chi connectivity index (χ0n) is 7.89. The molecule has 1 N–H and O–H groups in total. The molecule has 1 fully saturated rings. The van der Waals surface area contributed by atoms with Crippen molar-refractivity contribution in [3.05, 3.63) is 33.3 Å². The second-order valence-electron chi connectivity index (χ2n) is 3.68. The first-order valence-electron chi connectivity index (χ1n) is 4.96. The summed E-state index contributed by atoms with van der Waals surface area (Å²) in [5.74, 6) is 0. The van der Waals surface area contributed by atoms with Gasteiger partial charge < -0.3 is 5.32 Å². The summed E-state index contributed by atoms with van der Waals surface area (Å²) in [6.45, 7) is 1.12. The highest BCUT2D eigenvalue weighted by Gasteiger charge is 2.14. The fourth-order valence-corrected chi connectivity index (χ4v) is 2.30. The molecule has 1 aliphatic heterocycles. The van der Waals surface area contributed by atoms with E-state index in [0.717, 1.165) is 16.0 Å². The minimum absolute atomic E-state index is 0.495. The molecule has 1 aromatic carbocycles. The third-order valence-electron chi connectivity index (χ3n) is 2.66. The number of rotatable bonds is 1. The molecule has 3 heteroatoms. The van der Waals surface area contributed by atoms with Gasteiger partial charge >= 0.3 is 0 Å². The van der Waals surface area contributed by atoms with E-state index in [0.29, 0.717) is 6.04 Å².